The molecule has 1 atom stereocenters. The monoisotopic (exact) mass is 409 g/mol. The van der Waals surface area contributed by atoms with Crippen LogP contribution in [-0.4, -0.2) is 25.0 Å². The highest BCUT2D eigenvalue weighted by Gasteiger charge is 2.45. The van der Waals surface area contributed by atoms with Crippen LogP contribution < -0.4 is 9.47 Å². The molecule has 0 N–H and O–H groups in total. The van der Waals surface area contributed by atoms with E-state index in [1.165, 1.54) is 0 Å². The van der Waals surface area contributed by atoms with Gasteiger partial charge in [-0.1, -0.05) is 66.6 Å². The number of nitrogens with zero attached hydrogens (tertiary/aromatic N) is 1. The maximum atomic E-state index is 13.3. The topological polar surface area (TPSA) is 38.8 Å². The molecule has 1 heterocycles. The van der Waals surface area contributed by atoms with Crippen molar-refractivity contribution in [2.45, 2.75) is 12.6 Å². The number of carbonyl (C=O) groups is 1. The number of methoxy groups -OCH3 is 2. The zero-order valence-corrected chi connectivity index (χ0v) is 17.5. The highest BCUT2D eigenvalue weighted by molar-refractivity contribution is 6.11. The Balaban J connectivity index is 1.85. The summed E-state index contributed by atoms with van der Waals surface area (Å²) in [6.07, 6.45) is 5.90. The molecule has 0 aromatic heterocycles. The van der Waals surface area contributed by atoms with Gasteiger partial charge in [-0.2, -0.15) is 0 Å². The Hall–Kier alpha value is -3.97. The molecule has 4 heteroatoms. The summed E-state index contributed by atoms with van der Waals surface area (Å²) < 4.78 is 10.9. The van der Waals surface area contributed by atoms with Gasteiger partial charge in [-0.3, -0.25) is 4.79 Å². The first kappa shape index (κ1) is 20.3. The molecular weight excluding hydrogens is 386 g/mol. The average Bonchev–Trinajstić information content (AvgIpc) is 2.83. The third kappa shape index (κ3) is 3.91. The van der Waals surface area contributed by atoms with Crippen LogP contribution in [0.25, 0.3) is 5.57 Å². The van der Waals surface area contributed by atoms with Gasteiger partial charge in [0.05, 0.1) is 25.8 Å². The number of benzene rings is 3. The van der Waals surface area contributed by atoms with Crippen molar-refractivity contribution in [2.24, 2.45) is 0 Å². The van der Waals surface area contributed by atoms with E-state index >= 15 is 0 Å². The van der Waals surface area contributed by atoms with E-state index in [2.05, 4.69) is 5.92 Å². The number of carbonyl (C=O) groups excluding carboxylic acids is 1. The highest BCUT2D eigenvalue weighted by atomic mass is 16.5. The summed E-state index contributed by atoms with van der Waals surface area (Å²) in [4.78, 5) is 15.2. The Morgan fingerprint density at radius 3 is 2.06 bits per heavy atom. The van der Waals surface area contributed by atoms with Crippen molar-refractivity contribution in [1.29, 1.82) is 0 Å². The summed E-state index contributed by atoms with van der Waals surface area (Å²) >= 11 is 0. The average molecular weight is 409 g/mol. The van der Waals surface area contributed by atoms with E-state index in [4.69, 9.17) is 15.9 Å². The van der Waals surface area contributed by atoms with Crippen molar-refractivity contribution < 1.29 is 14.3 Å². The quantitative estimate of drug-likeness (QED) is 0.331. The van der Waals surface area contributed by atoms with E-state index in [1.807, 2.05) is 83.8 Å². The standard InChI is InChI=1S/C27H23NO3/c1-4-24(20-13-9-6-10-14-20)25-26(21-15-22(30-2)17-23(16-21)31-3)28(27(25)29)18-19-11-7-5-8-12-19/h1,5-17,26H,18H2,2-3H3/b25-24+. The maximum Gasteiger partial charge on any atom is 0.254 e. The first-order chi connectivity index (χ1) is 15.2. The molecule has 0 saturated carbocycles. The minimum atomic E-state index is -0.303. The molecule has 4 rings (SSSR count). The Kier molecular flexibility index (Phi) is 5.77. The summed E-state index contributed by atoms with van der Waals surface area (Å²) in [7, 11) is 3.22. The van der Waals surface area contributed by atoms with Gasteiger partial charge in [0.25, 0.3) is 5.91 Å². The maximum absolute atomic E-state index is 13.3. The van der Waals surface area contributed by atoms with E-state index in [0.717, 1.165) is 16.7 Å². The molecule has 1 fully saturated rings. The normalized spacial score (nSPS) is 16.9. The number of likely N-dealkylation sites (tertiary alicyclic amines) is 1. The predicted octanol–water partition coefficient (Wildman–Crippen LogP) is 4.87. The molecule has 3 aromatic rings. The van der Waals surface area contributed by atoms with Crippen LogP contribution in [0.15, 0.2) is 84.4 Å². The second-order valence-corrected chi connectivity index (χ2v) is 7.27. The summed E-state index contributed by atoms with van der Waals surface area (Å²) in [6, 6.07) is 24.9. The van der Waals surface area contributed by atoms with Crippen LogP contribution in [0.2, 0.25) is 0 Å². The number of terminal acetylenes is 1. The molecule has 0 spiro atoms. The summed E-state index contributed by atoms with van der Waals surface area (Å²) in [6.45, 7) is 0.486. The van der Waals surface area contributed by atoms with Crippen molar-refractivity contribution in [3.8, 4) is 23.8 Å². The first-order valence-electron chi connectivity index (χ1n) is 10.00. The molecule has 154 valence electrons. The largest absolute Gasteiger partial charge is 0.497 e. The fraction of sp³-hybridized carbons (Fsp3) is 0.148. The van der Waals surface area contributed by atoms with Gasteiger partial charge in [0.1, 0.15) is 11.5 Å². The van der Waals surface area contributed by atoms with Crippen molar-refractivity contribution in [3.63, 3.8) is 0 Å². The Morgan fingerprint density at radius 2 is 1.52 bits per heavy atom. The fourth-order valence-electron chi connectivity index (χ4n) is 3.92. The van der Waals surface area contributed by atoms with Crippen LogP contribution in [0, 0.1) is 12.3 Å². The summed E-state index contributed by atoms with van der Waals surface area (Å²) in [5.41, 5.74) is 4.02. The van der Waals surface area contributed by atoms with Crippen LogP contribution in [0.1, 0.15) is 22.7 Å². The summed E-state index contributed by atoms with van der Waals surface area (Å²) in [5.74, 6) is 4.02. The molecular formula is C27H23NO3. The number of rotatable bonds is 6. The minimum absolute atomic E-state index is 0.0626. The third-order valence-corrected chi connectivity index (χ3v) is 5.44. The molecule has 31 heavy (non-hydrogen) atoms. The number of hydrogen-bond donors (Lipinski definition) is 0. The van der Waals surface area contributed by atoms with Crippen molar-refractivity contribution in [3.05, 3.63) is 101 Å². The number of β-lactam (4-membered cyclic amide) rings is 1. The van der Waals surface area contributed by atoms with Gasteiger partial charge in [-0.15, -0.1) is 6.42 Å². The Labute approximate surface area is 182 Å². The zero-order valence-electron chi connectivity index (χ0n) is 17.5. The van der Waals surface area contributed by atoms with Crippen LogP contribution in [0.4, 0.5) is 0 Å². The van der Waals surface area contributed by atoms with E-state index in [9.17, 15) is 4.79 Å². The molecule has 3 aromatic carbocycles. The van der Waals surface area contributed by atoms with Gasteiger partial charge < -0.3 is 14.4 Å². The second-order valence-electron chi connectivity index (χ2n) is 7.27. The molecule has 1 aliphatic rings. The predicted molar refractivity (Wildman–Crippen MR) is 121 cm³/mol. The lowest BCUT2D eigenvalue weighted by atomic mass is 9.82. The molecule has 0 aliphatic carbocycles. The lowest BCUT2D eigenvalue weighted by Gasteiger charge is -2.44. The number of hydrogen-bond acceptors (Lipinski definition) is 3. The van der Waals surface area contributed by atoms with E-state index < -0.39 is 0 Å². The SMILES string of the molecule is C#C/C(=C1\C(=O)N(Cc2ccccc2)C1c1cc(OC)cc(OC)c1)c1ccccc1. The Bertz CT molecular complexity index is 1140. The molecule has 0 radical (unpaired) electrons. The smallest absolute Gasteiger partial charge is 0.254 e. The highest BCUT2D eigenvalue weighted by Crippen LogP contribution is 2.46. The second kappa shape index (κ2) is 8.81. The van der Waals surface area contributed by atoms with Crippen LogP contribution in [-0.2, 0) is 11.3 Å². The molecule has 1 saturated heterocycles. The van der Waals surface area contributed by atoms with Gasteiger partial charge >= 0.3 is 0 Å². The summed E-state index contributed by atoms with van der Waals surface area (Å²) in [5, 5.41) is 0. The van der Waals surface area contributed by atoms with Gasteiger partial charge in [0.2, 0.25) is 0 Å². The zero-order chi connectivity index (χ0) is 21.8. The van der Waals surface area contributed by atoms with Gasteiger partial charge in [0, 0.05) is 18.2 Å². The van der Waals surface area contributed by atoms with E-state index in [-0.39, 0.29) is 11.9 Å². The lowest BCUT2D eigenvalue weighted by molar-refractivity contribution is -0.138. The number of ether oxygens (including phenoxy) is 2. The van der Waals surface area contributed by atoms with E-state index in [1.54, 1.807) is 14.2 Å². The van der Waals surface area contributed by atoms with Crippen LogP contribution >= 0.6 is 0 Å². The van der Waals surface area contributed by atoms with Crippen molar-refractivity contribution in [1.82, 2.24) is 4.90 Å². The molecule has 0 bridgehead atoms. The number of allylic oxidation sites excluding steroid dienone is 1. The van der Waals surface area contributed by atoms with Crippen LogP contribution in [0.3, 0.4) is 0 Å². The molecule has 1 amide bonds. The Morgan fingerprint density at radius 1 is 0.935 bits per heavy atom. The molecule has 4 nitrogen and oxygen atoms in total. The minimum Gasteiger partial charge on any atom is -0.497 e. The van der Waals surface area contributed by atoms with Crippen molar-refractivity contribution >= 4 is 11.5 Å². The van der Waals surface area contributed by atoms with Crippen molar-refractivity contribution in [2.75, 3.05) is 14.2 Å². The van der Waals surface area contributed by atoms with Crippen LogP contribution in [0.5, 0.6) is 11.5 Å². The number of amides is 1. The van der Waals surface area contributed by atoms with Gasteiger partial charge in [0.15, 0.2) is 0 Å². The van der Waals surface area contributed by atoms with Gasteiger partial charge in [-0.25, -0.2) is 0 Å². The van der Waals surface area contributed by atoms with Gasteiger partial charge in [-0.05, 0) is 28.8 Å². The lowest BCUT2D eigenvalue weighted by Crippen LogP contribution is -2.48. The van der Waals surface area contributed by atoms with E-state index in [0.29, 0.717) is 29.2 Å². The molecule has 1 aliphatic heterocycles. The molecule has 1 unspecified atom stereocenters. The fourth-order valence-corrected chi connectivity index (χ4v) is 3.92. The first-order valence-corrected chi connectivity index (χ1v) is 10.00. The third-order valence-electron chi connectivity index (χ3n) is 5.44.